The average molecular weight is 509 g/mol. The zero-order valence-electron chi connectivity index (χ0n) is 15.8. The van der Waals surface area contributed by atoms with Crippen molar-refractivity contribution in [3.8, 4) is 0 Å². The summed E-state index contributed by atoms with van der Waals surface area (Å²) in [6, 6.07) is 6.56. The lowest BCUT2D eigenvalue weighted by atomic mass is 9.89. The quantitative estimate of drug-likeness (QED) is 0.444. The van der Waals surface area contributed by atoms with Gasteiger partial charge in [0.2, 0.25) is 0 Å². The van der Waals surface area contributed by atoms with E-state index in [1.807, 2.05) is 0 Å². The van der Waals surface area contributed by atoms with Gasteiger partial charge in [-0.15, -0.1) is 12.4 Å². The summed E-state index contributed by atoms with van der Waals surface area (Å²) in [5, 5.41) is 3.93. The van der Waals surface area contributed by atoms with E-state index in [-0.39, 0.29) is 36.6 Å². The van der Waals surface area contributed by atoms with Gasteiger partial charge in [0, 0.05) is 12.5 Å². The Morgan fingerprint density at radius 1 is 0.903 bits per heavy atom. The number of piperidine rings is 1. The Morgan fingerprint density at radius 2 is 1.52 bits per heavy atom. The second kappa shape index (κ2) is 10.2. The molecule has 172 valence electrons. The van der Waals surface area contributed by atoms with Crippen molar-refractivity contribution in [2.75, 3.05) is 13.1 Å². The van der Waals surface area contributed by atoms with Gasteiger partial charge >= 0.3 is 12.4 Å². The van der Waals surface area contributed by atoms with Crippen LogP contribution in [0.2, 0.25) is 10.0 Å². The van der Waals surface area contributed by atoms with E-state index in [1.165, 1.54) is 0 Å². The van der Waals surface area contributed by atoms with Crippen LogP contribution in [0.3, 0.4) is 0 Å². The number of rotatable bonds is 4. The average Bonchev–Trinajstić information content (AvgIpc) is 2.67. The molecule has 0 unspecified atom stereocenters. The summed E-state index contributed by atoms with van der Waals surface area (Å²) in [7, 11) is 0. The molecule has 2 atom stereocenters. The zero-order valence-corrected chi connectivity index (χ0v) is 18.1. The molecule has 1 heterocycles. The molecule has 0 aliphatic carbocycles. The van der Waals surface area contributed by atoms with Gasteiger partial charge in [-0.25, -0.2) is 0 Å². The van der Waals surface area contributed by atoms with Gasteiger partial charge in [-0.3, -0.25) is 0 Å². The van der Waals surface area contributed by atoms with Crippen molar-refractivity contribution in [2.45, 2.75) is 37.4 Å². The lowest BCUT2D eigenvalue weighted by Crippen LogP contribution is -2.39. The van der Waals surface area contributed by atoms with E-state index in [1.54, 1.807) is 18.2 Å². The molecule has 2 aromatic carbocycles. The van der Waals surface area contributed by atoms with E-state index in [4.69, 9.17) is 27.9 Å². The second-order valence-electron chi connectivity index (χ2n) is 7.04. The van der Waals surface area contributed by atoms with Crippen LogP contribution in [0.5, 0.6) is 0 Å². The van der Waals surface area contributed by atoms with Gasteiger partial charge in [0.15, 0.2) is 0 Å². The molecule has 1 aliphatic heterocycles. The molecule has 11 heteroatoms. The van der Waals surface area contributed by atoms with Crippen LogP contribution in [0.15, 0.2) is 36.4 Å². The molecule has 1 fully saturated rings. The minimum atomic E-state index is -4.90. The maximum atomic E-state index is 13.0. The molecule has 1 N–H and O–H groups in total. The summed E-state index contributed by atoms with van der Waals surface area (Å²) < 4.78 is 84.1. The molecule has 1 saturated heterocycles. The van der Waals surface area contributed by atoms with Crippen LogP contribution in [-0.4, -0.2) is 19.2 Å². The summed E-state index contributed by atoms with van der Waals surface area (Å²) in [5.74, 6) is -0.179. The van der Waals surface area contributed by atoms with Crippen LogP contribution in [-0.2, 0) is 23.7 Å². The van der Waals surface area contributed by atoms with Crippen LogP contribution in [0, 0.1) is 0 Å². The number of alkyl halides is 6. The Hall–Kier alpha value is -1.19. The van der Waals surface area contributed by atoms with Gasteiger partial charge in [-0.05, 0) is 54.4 Å². The first-order chi connectivity index (χ1) is 13.9. The lowest BCUT2D eigenvalue weighted by Gasteiger charge is -2.33. The summed E-state index contributed by atoms with van der Waals surface area (Å²) in [4.78, 5) is 0. The summed E-state index contributed by atoms with van der Waals surface area (Å²) >= 11 is 12.0. The van der Waals surface area contributed by atoms with E-state index in [2.05, 4.69) is 5.32 Å². The molecule has 0 aromatic heterocycles. The number of ether oxygens (including phenoxy) is 1. The van der Waals surface area contributed by atoms with Gasteiger partial charge in [0.05, 0.1) is 33.9 Å². The molecule has 2 aromatic rings. The number of halogens is 9. The normalized spacial score (nSPS) is 19.7. The van der Waals surface area contributed by atoms with Gasteiger partial charge in [-0.1, -0.05) is 29.3 Å². The Morgan fingerprint density at radius 3 is 2.06 bits per heavy atom. The highest BCUT2D eigenvalue weighted by Gasteiger charge is 2.37. The first kappa shape index (κ1) is 26.1. The molecule has 0 amide bonds. The predicted molar refractivity (Wildman–Crippen MR) is 109 cm³/mol. The Balaban J connectivity index is 0.00000341. The summed E-state index contributed by atoms with van der Waals surface area (Å²) in [6.07, 6.45) is -9.66. The third-order valence-corrected chi connectivity index (χ3v) is 5.64. The van der Waals surface area contributed by atoms with E-state index >= 15 is 0 Å². The molecule has 0 saturated carbocycles. The van der Waals surface area contributed by atoms with E-state index in [0.717, 1.165) is 5.56 Å². The standard InChI is InChI=1S/C20H17Cl2F6NO.ClH/c21-16-2-1-12(7-17(16)22)15-9-29-4-3-18(15)30-10-11-5-13(19(23,24)25)8-14(6-11)20(26,27)28;/h1-2,5-8,15,18,29H,3-4,9-10H2;1H/t15-,18-;/m1./s1. The highest BCUT2D eigenvalue weighted by Crippen LogP contribution is 2.37. The molecule has 31 heavy (non-hydrogen) atoms. The fourth-order valence-electron chi connectivity index (χ4n) is 3.42. The molecule has 0 radical (unpaired) electrons. The van der Waals surface area contributed by atoms with Crippen LogP contribution >= 0.6 is 35.6 Å². The Bertz CT molecular complexity index is 871. The van der Waals surface area contributed by atoms with Crippen LogP contribution in [0.25, 0.3) is 0 Å². The summed E-state index contributed by atoms with van der Waals surface area (Å²) in [6.45, 7) is 0.757. The molecule has 2 nitrogen and oxygen atoms in total. The monoisotopic (exact) mass is 507 g/mol. The van der Waals surface area contributed by atoms with Crippen molar-refractivity contribution < 1.29 is 31.1 Å². The topological polar surface area (TPSA) is 21.3 Å². The van der Waals surface area contributed by atoms with Crippen molar-refractivity contribution in [1.29, 1.82) is 0 Å². The number of hydrogen-bond donors (Lipinski definition) is 1. The molecular formula is C20H18Cl3F6NO. The number of hydrogen-bond acceptors (Lipinski definition) is 2. The maximum absolute atomic E-state index is 13.0. The van der Waals surface area contributed by atoms with Crippen molar-refractivity contribution >= 4 is 35.6 Å². The molecule has 1 aliphatic rings. The largest absolute Gasteiger partial charge is 0.416 e. The molecule has 3 rings (SSSR count). The third kappa shape index (κ3) is 6.65. The predicted octanol–water partition coefficient (Wildman–Crippen LogP) is 7.12. The maximum Gasteiger partial charge on any atom is 0.416 e. The van der Waals surface area contributed by atoms with Crippen molar-refractivity contribution in [1.82, 2.24) is 5.32 Å². The number of nitrogens with one attached hydrogen (secondary N) is 1. The highest BCUT2D eigenvalue weighted by atomic mass is 35.5. The SMILES string of the molecule is Cl.FC(F)(F)c1cc(CO[C@@H]2CCNC[C@@H]2c2ccc(Cl)c(Cl)c2)cc(C(F)(F)F)c1. The fourth-order valence-corrected chi connectivity index (χ4v) is 3.72. The second-order valence-corrected chi connectivity index (χ2v) is 7.85. The minimum Gasteiger partial charge on any atom is -0.373 e. The van der Waals surface area contributed by atoms with Crippen molar-refractivity contribution in [3.05, 3.63) is 68.7 Å². The highest BCUT2D eigenvalue weighted by molar-refractivity contribution is 6.42. The third-order valence-electron chi connectivity index (χ3n) is 4.90. The summed E-state index contributed by atoms with van der Waals surface area (Å²) in [5.41, 5.74) is -2.09. The Kier molecular flexibility index (Phi) is 8.55. The van der Waals surface area contributed by atoms with E-state index in [9.17, 15) is 26.3 Å². The van der Waals surface area contributed by atoms with E-state index in [0.29, 0.717) is 41.7 Å². The van der Waals surface area contributed by atoms with Crippen molar-refractivity contribution in [2.24, 2.45) is 0 Å². The van der Waals surface area contributed by atoms with Crippen molar-refractivity contribution in [3.63, 3.8) is 0 Å². The van der Waals surface area contributed by atoms with Crippen LogP contribution in [0.1, 0.15) is 34.6 Å². The fraction of sp³-hybridized carbons (Fsp3) is 0.400. The first-order valence-corrected chi connectivity index (χ1v) is 9.76. The van der Waals surface area contributed by atoms with Crippen LogP contribution < -0.4 is 5.32 Å². The molecule has 0 bridgehead atoms. The zero-order chi connectivity index (χ0) is 22.1. The number of benzene rings is 2. The van der Waals surface area contributed by atoms with Gasteiger partial charge in [0.1, 0.15) is 0 Å². The van der Waals surface area contributed by atoms with Gasteiger partial charge in [-0.2, -0.15) is 26.3 Å². The molecular weight excluding hydrogens is 491 g/mol. The lowest BCUT2D eigenvalue weighted by molar-refractivity contribution is -0.143. The van der Waals surface area contributed by atoms with E-state index < -0.39 is 29.6 Å². The smallest absolute Gasteiger partial charge is 0.373 e. The molecule has 0 spiro atoms. The van der Waals surface area contributed by atoms with Crippen LogP contribution in [0.4, 0.5) is 26.3 Å². The first-order valence-electron chi connectivity index (χ1n) is 9.01. The van der Waals surface area contributed by atoms with Gasteiger partial charge < -0.3 is 10.1 Å². The van der Waals surface area contributed by atoms with Gasteiger partial charge in [0.25, 0.3) is 0 Å². The Labute approximate surface area is 191 Å². The minimum absolute atomic E-state index is 0.